The lowest BCUT2D eigenvalue weighted by Crippen LogP contribution is -2.49. The summed E-state index contributed by atoms with van der Waals surface area (Å²) >= 11 is 0. The number of hydrogen-bond acceptors (Lipinski definition) is 11. The van der Waals surface area contributed by atoms with Gasteiger partial charge in [-0.2, -0.15) is 0 Å². The van der Waals surface area contributed by atoms with Crippen LogP contribution in [0, 0.1) is 6.92 Å². The molecule has 6 rings (SSSR count). The largest absolute Gasteiger partial charge is 0.490 e. The van der Waals surface area contributed by atoms with E-state index >= 15 is 0 Å². The maximum Gasteiger partial charge on any atom is 0.209 e. The lowest BCUT2D eigenvalue weighted by Gasteiger charge is -2.39. The fraction of sp³-hybridized carbons (Fsp3) is 0.512. The van der Waals surface area contributed by atoms with Crippen LogP contribution in [0.3, 0.4) is 0 Å². The molecule has 292 valence electrons. The number of sulfone groups is 1. The number of methoxy groups -OCH3 is 1. The van der Waals surface area contributed by atoms with E-state index in [0.717, 1.165) is 46.9 Å². The van der Waals surface area contributed by atoms with Gasteiger partial charge in [0.2, 0.25) is 9.84 Å². The number of aryl methyl sites for hydroxylation is 2. The third kappa shape index (κ3) is 9.87. The predicted octanol–water partition coefficient (Wildman–Crippen LogP) is 5.55. The van der Waals surface area contributed by atoms with Gasteiger partial charge in [-0.25, -0.2) is 8.42 Å². The van der Waals surface area contributed by atoms with Gasteiger partial charge in [-0.05, 0) is 74.6 Å². The second-order valence-corrected chi connectivity index (χ2v) is 16.3. The van der Waals surface area contributed by atoms with Gasteiger partial charge in [-0.3, -0.25) is 0 Å². The molecule has 4 aromatic rings. The Bertz CT molecular complexity index is 1890. The van der Waals surface area contributed by atoms with Crippen molar-refractivity contribution < 1.29 is 32.1 Å². The van der Waals surface area contributed by atoms with Crippen LogP contribution in [0.5, 0.6) is 5.75 Å². The van der Waals surface area contributed by atoms with Gasteiger partial charge in [-0.1, -0.05) is 48.0 Å². The Morgan fingerprint density at radius 1 is 1.07 bits per heavy atom. The monoisotopic (exact) mass is 761 g/mol. The highest BCUT2D eigenvalue weighted by Crippen LogP contribution is 2.41. The van der Waals surface area contributed by atoms with Crippen molar-refractivity contribution in [2.45, 2.75) is 81.1 Å². The number of nitrogens with one attached hydrogen (secondary N) is 1. The molecule has 2 unspecified atom stereocenters. The Kier molecular flexibility index (Phi) is 13.8. The van der Waals surface area contributed by atoms with Crippen molar-refractivity contribution in [3.05, 3.63) is 101 Å². The molecule has 13 heteroatoms. The second kappa shape index (κ2) is 18.7. The molecular formula is C41H55N5O7S. The van der Waals surface area contributed by atoms with Gasteiger partial charge in [-0.15, -0.1) is 10.2 Å². The highest BCUT2D eigenvalue weighted by Gasteiger charge is 2.39. The number of fused-ring (bicyclic) bond motifs is 1. The van der Waals surface area contributed by atoms with Crippen molar-refractivity contribution in [1.82, 2.24) is 20.1 Å². The second-order valence-electron chi connectivity index (χ2n) is 14.3. The number of ether oxygens (including phenoxy) is 5. The molecule has 0 amide bonds. The highest BCUT2D eigenvalue weighted by atomic mass is 32.2. The van der Waals surface area contributed by atoms with Crippen molar-refractivity contribution in [2.24, 2.45) is 7.05 Å². The Labute approximate surface area is 320 Å². The zero-order valence-corrected chi connectivity index (χ0v) is 33.0. The molecule has 0 spiro atoms. The van der Waals surface area contributed by atoms with Gasteiger partial charge in [0.1, 0.15) is 24.5 Å². The maximum atomic E-state index is 14.7. The molecule has 1 saturated heterocycles. The van der Waals surface area contributed by atoms with E-state index in [-0.39, 0.29) is 23.0 Å². The van der Waals surface area contributed by atoms with Crippen molar-refractivity contribution in [3.8, 4) is 5.75 Å². The zero-order chi connectivity index (χ0) is 38.1. The third-order valence-corrected chi connectivity index (χ3v) is 12.1. The first-order valence-corrected chi connectivity index (χ1v) is 20.5. The maximum absolute atomic E-state index is 14.7. The fourth-order valence-corrected chi connectivity index (χ4v) is 8.83. The average molecular weight is 762 g/mol. The van der Waals surface area contributed by atoms with Crippen LogP contribution in [0.1, 0.15) is 66.1 Å². The van der Waals surface area contributed by atoms with Gasteiger partial charge < -0.3 is 38.5 Å². The molecule has 1 aromatic heterocycles. The summed E-state index contributed by atoms with van der Waals surface area (Å²) in [6.07, 6.45) is 3.49. The molecule has 1 fully saturated rings. The molecule has 12 nitrogen and oxygen atoms in total. The number of piperidine rings is 1. The minimum Gasteiger partial charge on any atom is -0.490 e. The lowest BCUT2D eigenvalue weighted by atomic mass is 9.83. The first-order valence-electron chi connectivity index (χ1n) is 19.0. The predicted molar refractivity (Wildman–Crippen MR) is 208 cm³/mol. The lowest BCUT2D eigenvalue weighted by molar-refractivity contribution is -0.00749. The van der Waals surface area contributed by atoms with Crippen LogP contribution in [-0.2, 0) is 48.9 Å². The quantitative estimate of drug-likeness (QED) is 0.128. The van der Waals surface area contributed by atoms with Crippen LogP contribution in [0.4, 0.5) is 5.69 Å². The van der Waals surface area contributed by atoms with E-state index in [1.807, 2.05) is 62.7 Å². The van der Waals surface area contributed by atoms with E-state index < -0.39 is 21.4 Å². The number of rotatable bonds is 18. The van der Waals surface area contributed by atoms with Gasteiger partial charge in [0.05, 0.1) is 42.5 Å². The molecule has 0 radical (unpaired) electrons. The molecule has 2 aliphatic rings. The number of aromatic nitrogens is 3. The van der Waals surface area contributed by atoms with E-state index in [1.54, 1.807) is 25.6 Å². The molecule has 2 aliphatic heterocycles. The Hall–Kier alpha value is -3.85. The van der Waals surface area contributed by atoms with Crippen LogP contribution in [0.2, 0.25) is 0 Å². The molecular weight excluding hydrogens is 707 g/mol. The van der Waals surface area contributed by atoms with Gasteiger partial charge >= 0.3 is 0 Å². The van der Waals surface area contributed by atoms with Crippen molar-refractivity contribution in [2.75, 3.05) is 58.1 Å². The van der Waals surface area contributed by atoms with Crippen molar-refractivity contribution >= 4 is 15.5 Å². The Morgan fingerprint density at radius 2 is 1.87 bits per heavy atom. The number of anilines is 1. The Morgan fingerprint density at radius 3 is 2.59 bits per heavy atom. The SMILES string of the molecule is CCOC(C)COCc1ccc([C@H]2C[C@H](Cc3nncn3C)NC[C@@H]2OC(c2ccc3c(c2)N(CCCOC)CCO3)S(=O)(=O)c2ccc(C)cc2)cc1. The van der Waals surface area contributed by atoms with E-state index in [4.69, 9.17) is 23.7 Å². The van der Waals surface area contributed by atoms with Crippen molar-refractivity contribution in [3.63, 3.8) is 0 Å². The summed E-state index contributed by atoms with van der Waals surface area (Å²) < 4.78 is 61.2. The topological polar surface area (TPSA) is 126 Å². The van der Waals surface area contributed by atoms with Crippen LogP contribution in [-0.4, -0.2) is 94.6 Å². The van der Waals surface area contributed by atoms with Crippen LogP contribution in [0.15, 0.2) is 78.0 Å². The van der Waals surface area contributed by atoms with E-state index in [2.05, 4.69) is 44.7 Å². The molecule has 5 atom stereocenters. The minimum absolute atomic E-state index is 0.0262. The summed E-state index contributed by atoms with van der Waals surface area (Å²) in [6, 6.07) is 21.1. The summed E-state index contributed by atoms with van der Waals surface area (Å²) in [5.74, 6) is 1.50. The van der Waals surface area contributed by atoms with E-state index in [1.165, 1.54) is 0 Å². The van der Waals surface area contributed by atoms with E-state index in [0.29, 0.717) is 64.5 Å². The molecule has 0 saturated carbocycles. The fourth-order valence-electron chi connectivity index (χ4n) is 7.27. The zero-order valence-electron chi connectivity index (χ0n) is 32.1. The molecule has 0 aliphatic carbocycles. The summed E-state index contributed by atoms with van der Waals surface area (Å²) in [5, 5.41) is 12.1. The number of nitrogens with zero attached hydrogens (tertiary/aromatic N) is 4. The summed E-state index contributed by atoms with van der Waals surface area (Å²) in [5.41, 5.74) is 3.26. The summed E-state index contributed by atoms with van der Waals surface area (Å²) in [7, 11) is -0.365. The van der Waals surface area contributed by atoms with Crippen LogP contribution < -0.4 is 15.0 Å². The van der Waals surface area contributed by atoms with Crippen LogP contribution >= 0.6 is 0 Å². The highest BCUT2D eigenvalue weighted by molar-refractivity contribution is 7.91. The molecule has 3 aromatic carbocycles. The average Bonchev–Trinajstić information content (AvgIpc) is 3.58. The molecule has 1 N–H and O–H groups in total. The smallest absolute Gasteiger partial charge is 0.209 e. The van der Waals surface area contributed by atoms with Crippen LogP contribution in [0.25, 0.3) is 0 Å². The van der Waals surface area contributed by atoms with E-state index in [9.17, 15) is 8.42 Å². The molecule has 54 heavy (non-hydrogen) atoms. The summed E-state index contributed by atoms with van der Waals surface area (Å²) in [4.78, 5) is 2.45. The normalized spacial score (nSPS) is 19.9. The number of benzene rings is 3. The standard InChI is InChI=1S/C41H55N5O7S/c1-6-51-30(3)26-50-27-31-10-12-32(13-11-31)36-23-34(24-40-44-43-28-45(40)4)42-25-39(36)53-41(54(47,48)35-15-8-29(2)9-16-35)33-14-17-38-37(22-33)46(19-21-52-38)18-7-20-49-5/h8-17,22,28,30,34,36,39,41-42H,6-7,18-21,23-27H2,1-5H3/t30?,34-,36-,39+,41?/m1/s1. The first kappa shape index (κ1) is 39.8. The van der Waals surface area contributed by atoms with Crippen molar-refractivity contribution in [1.29, 1.82) is 0 Å². The van der Waals surface area contributed by atoms with Gasteiger partial charge in [0, 0.05) is 58.8 Å². The number of hydrogen-bond donors (Lipinski definition) is 1. The molecule has 0 bridgehead atoms. The minimum atomic E-state index is -4.01. The summed E-state index contributed by atoms with van der Waals surface area (Å²) in [6.45, 7) is 10.7. The first-order chi connectivity index (χ1) is 26.2. The van der Waals surface area contributed by atoms with Gasteiger partial charge in [0.25, 0.3) is 0 Å². The molecule has 3 heterocycles. The Balaban J connectivity index is 1.32. The van der Waals surface area contributed by atoms with Gasteiger partial charge in [0.15, 0.2) is 5.44 Å². The third-order valence-electron chi connectivity index (χ3n) is 10.2.